The highest BCUT2D eigenvalue weighted by Crippen LogP contribution is 2.09. The van der Waals surface area contributed by atoms with E-state index in [9.17, 15) is 0 Å². The number of aliphatic imine (C=N–C) groups is 1. The minimum absolute atomic E-state index is 0. The molecule has 0 aromatic carbocycles. The molecule has 0 amide bonds. The van der Waals surface area contributed by atoms with Crippen molar-refractivity contribution >= 4 is 29.9 Å². The number of hydrogen-bond acceptors (Lipinski definition) is 4. The van der Waals surface area contributed by atoms with Crippen molar-refractivity contribution in [3.63, 3.8) is 0 Å². The quantitative estimate of drug-likeness (QED) is 0.219. The molecule has 138 valence electrons. The van der Waals surface area contributed by atoms with Gasteiger partial charge in [0.2, 0.25) is 0 Å². The first-order valence-corrected chi connectivity index (χ1v) is 8.21. The van der Waals surface area contributed by atoms with Crippen molar-refractivity contribution in [2.75, 3.05) is 19.7 Å². The van der Waals surface area contributed by atoms with Crippen molar-refractivity contribution in [1.29, 1.82) is 0 Å². The fourth-order valence-corrected chi connectivity index (χ4v) is 2.26. The second-order valence-electron chi connectivity index (χ2n) is 5.60. The minimum atomic E-state index is 0. The zero-order valence-corrected chi connectivity index (χ0v) is 17.3. The predicted octanol–water partition coefficient (Wildman–Crippen LogP) is 1.76. The molecule has 0 aliphatic carbocycles. The smallest absolute Gasteiger partial charge is 0.191 e. The Bertz CT molecular complexity index is 497. The van der Waals surface area contributed by atoms with Crippen molar-refractivity contribution in [3.05, 3.63) is 24.3 Å². The highest BCUT2D eigenvalue weighted by molar-refractivity contribution is 14.0. The summed E-state index contributed by atoms with van der Waals surface area (Å²) in [6.45, 7) is 9.90. The van der Waals surface area contributed by atoms with Gasteiger partial charge in [-0.15, -0.1) is 40.8 Å². The molecule has 1 aromatic heterocycles. The highest BCUT2D eigenvalue weighted by Gasteiger charge is 2.09. The fourth-order valence-electron chi connectivity index (χ4n) is 2.26. The first-order chi connectivity index (χ1) is 11.1. The van der Waals surface area contributed by atoms with Crippen LogP contribution in [0.4, 0.5) is 0 Å². The highest BCUT2D eigenvalue weighted by atomic mass is 127. The topological polar surface area (TPSA) is 87.4 Å². The molecule has 3 N–H and O–H groups in total. The van der Waals surface area contributed by atoms with Gasteiger partial charge in [0.05, 0.1) is 0 Å². The summed E-state index contributed by atoms with van der Waals surface area (Å²) in [6, 6.07) is 0. The Morgan fingerprint density at radius 1 is 1.38 bits per heavy atom. The Kier molecular flexibility index (Phi) is 12.5. The zero-order chi connectivity index (χ0) is 17.1. The number of nitrogens with one attached hydrogen (secondary N) is 2. The van der Waals surface area contributed by atoms with Crippen molar-refractivity contribution in [3.8, 4) is 0 Å². The van der Waals surface area contributed by atoms with Crippen molar-refractivity contribution in [2.45, 2.75) is 39.7 Å². The van der Waals surface area contributed by atoms with Gasteiger partial charge in [-0.05, 0) is 25.7 Å². The summed E-state index contributed by atoms with van der Waals surface area (Å²) in [5.74, 6) is 2.86. The van der Waals surface area contributed by atoms with E-state index in [0.717, 1.165) is 43.4 Å². The molecule has 1 atom stereocenters. The molecule has 0 aliphatic heterocycles. The van der Waals surface area contributed by atoms with Crippen molar-refractivity contribution in [2.24, 2.45) is 18.0 Å². The van der Waals surface area contributed by atoms with Gasteiger partial charge in [-0.25, -0.2) is 4.99 Å². The zero-order valence-electron chi connectivity index (χ0n) is 15.0. The number of rotatable bonds is 10. The van der Waals surface area contributed by atoms with Gasteiger partial charge < -0.3 is 20.3 Å². The molecule has 24 heavy (non-hydrogen) atoms. The van der Waals surface area contributed by atoms with E-state index in [4.69, 9.17) is 5.11 Å². The van der Waals surface area contributed by atoms with Gasteiger partial charge in [0.15, 0.2) is 11.8 Å². The lowest BCUT2D eigenvalue weighted by Gasteiger charge is -2.18. The molecular formula is C16H31IN6O. The van der Waals surface area contributed by atoms with Gasteiger partial charge in [-0.2, -0.15) is 0 Å². The average molecular weight is 450 g/mol. The van der Waals surface area contributed by atoms with Crippen LogP contribution in [0.1, 0.15) is 37.8 Å². The van der Waals surface area contributed by atoms with Crippen LogP contribution in [-0.2, 0) is 13.6 Å². The van der Waals surface area contributed by atoms with Gasteiger partial charge in [-0.3, -0.25) is 0 Å². The maximum atomic E-state index is 9.15. The van der Waals surface area contributed by atoms with Crippen LogP contribution in [0.3, 0.4) is 0 Å². The maximum absolute atomic E-state index is 9.15. The summed E-state index contributed by atoms with van der Waals surface area (Å²) in [6.07, 6.45) is 4.79. The molecule has 0 bridgehead atoms. The third kappa shape index (κ3) is 8.09. The number of guanidine groups is 1. The molecule has 7 nitrogen and oxygen atoms in total. The number of halogens is 1. The normalized spacial score (nSPS) is 12.4. The van der Waals surface area contributed by atoms with E-state index in [2.05, 4.69) is 39.3 Å². The minimum Gasteiger partial charge on any atom is -0.396 e. The largest absolute Gasteiger partial charge is 0.396 e. The number of hydrogen-bond donors (Lipinski definition) is 3. The Labute approximate surface area is 162 Å². The van der Waals surface area contributed by atoms with Crippen LogP contribution in [0.15, 0.2) is 17.6 Å². The van der Waals surface area contributed by atoms with Gasteiger partial charge in [0, 0.05) is 26.7 Å². The lowest BCUT2D eigenvalue weighted by atomic mass is 10.0. The Hall–Kier alpha value is -1.16. The standard InChI is InChI=1S/C16H30N6O.HI/c1-5-7-14(8-10-23)11-18-16(17-9-6-2)19-12-15-21-20-13(3)22(15)4;/h6,14,23H,2,5,7-12H2,1,3-4H3,(H2,17,18,19);1H. The van der Waals surface area contributed by atoms with E-state index in [1.165, 1.54) is 0 Å². The first kappa shape index (κ1) is 22.8. The monoisotopic (exact) mass is 450 g/mol. The molecule has 1 aromatic rings. The molecule has 1 rings (SSSR count). The fraction of sp³-hybridized carbons (Fsp3) is 0.688. The lowest BCUT2D eigenvalue weighted by Crippen LogP contribution is -2.40. The molecule has 0 saturated carbocycles. The number of aryl methyl sites for hydroxylation is 1. The van der Waals surface area contributed by atoms with Crippen LogP contribution in [-0.4, -0.2) is 45.5 Å². The Morgan fingerprint density at radius 3 is 2.67 bits per heavy atom. The van der Waals surface area contributed by atoms with E-state index < -0.39 is 0 Å². The Morgan fingerprint density at radius 2 is 2.12 bits per heavy atom. The molecule has 0 radical (unpaired) electrons. The summed E-state index contributed by atoms with van der Waals surface area (Å²) in [7, 11) is 1.93. The van der Waals surface area contributed by atoms with E-state index in [1.54, 1.807) is 6.08 Å². The second-order valence-corrected chi connectivity index (χ2v) is 5.60. The summed E-state index contributed by atoms with van der Waals surface area (Å²) >= 11 is 0. The molecule has 1 unspecified atom stereocenters. The molecule has 1 heterocycles. The van der Waals surface area contributed by atoms with Gasteiger partial charge >= 0.3 is 0 Å². The van der Waals surface area contributed by atoms with E-state index in [-0.39, 0.29) is 30.6 Å². The predicted molar refractivity (Wildman–Crippen MR) is 109 cm³/mol. The van der Waals surface area contributed by atoms with Crippen LogP contribution in [0.25, 0.3) is 0 Å². The third-order valence-electron chi connectivity index (χ3n) is 3.77. The third-order valence-corrected chi connectivity index (χ3v) is 3.77. The van der Waals surface area contributed by atoms with Gasteiger partial charge in [0.25, 0.3) is 0 Å². The van der Waals surface area contributed by atoms with Crippen molar-refractivity contribution in [1.82, 2.24) is 25.4 Å². The van der Waals surface area contributed by atoms with Crippen LogP contribution < -0.4 is 10.6 Å². The van der Waals surface area contributed by atoms with E-state index in [1.807, 2.05) is 18.5 Å². The van der Waals surface area contributed by atoms with Gasteiger partial charge in [-0.1, -0.05) is 19.4 Å². The molecule has 8 heteroatoms. The number of aromatic nitrogens is 3. The summed E-state index contributed by atoms with van der Waals surface area (Å²) in [4.78, 5) is 4.56. The molecule has 0 saturated heterocycles. The lowest BCUT2D eigenvalue weighted by molar-refractivity contribution is 0.251. The summed E-state index contributed by atoms with van der Waals surface area (Å²) in [5, 5.41) is 23.9. The summed E-state index contributed by atoms with van der Waals surface area (Å²) in [5.41, 5.74) is 0. The summed E-state index contributed by atoms with van der Waals surface area (Å²) < 4.78 is 1.93. The molecular weight excluding hydrogens is 419 g/mol. The molecule has 0 aliphatic rings. The van der Waals surface area contributed by atoms with Crippen LogP contribution in [0.5, 0.6) is 0 Å². The second kappa shape index (κ2) is 13.2. The van der Waals surface area contributed by atoms with E-state index in [0.29, 0.717) is 19.0 Å². The number of nitrogens with zero attached hydrogens (tertiary/aromatic N) is 4. The number of aliphatic hydroxyl groups is 1. The number of aliphatic hydroxyl groups excluding tert-OH is 1. The Balaban J connectivity index is 0.00000529. The molecule has 0 spiro atoms. The SMILES string of the molecule is C=CCNC(=NCc1nnc(C)n1C)NCC(CCC)CCO.I. The van der Waals surface area contributed by atoms with Crippen molar-refractivity contribution < 1.29 is 5.11 Å². The average Bonchev–Trinajstić information content (AvgIpc) is 2.86. The first-order valence-electron chi connectivity index (χ1n) is 8.21. The maximum Gasteiger partial charge on any atom is 0.191 e. The molecule has 0 fully saturated rings. The van der Waals surface area contributed by atoms with E-state index >= 15 is 0 Å². The van der Waals surface area contributed by atoms with Crippen LogP contribution in [0.2, 0.25) is 0 Å². The van der Waals surface area contributed by atoms with Gasteiger partial charge in [0.1, 0.15) is 12.4 Å². The van der Waals surface area contributed by atoms with Crippen LogP contribution in [0, 0.1) is 12.8 Å². The van der Waals surface area contributed by atoms with Crippen LogP contribution >= 0.6 is 24.0 Å².